The van der Waals surface area contributed by atoms with Crippen molar-refractivity contribution in [1.29, 1.82) is 0 Å². The molecule has 0 heterocycles. The number of hydrogen-bond donors (Lipinski definition) is 1. The molecule has 2 aromatic carbocycles. The third kappa shape index (κ3) is 3.68. The van der Waals surface area contributed by atoms with Gasteiger partial charge in [-0.3, -0.25) is 0 Å². The lowest BCUT2D eigenvalue weighted by Crippen LogP contribution is -2.31. The maximum atomic E-state index is 11.5. The second-order valence-electron chi connectivity index (χ2n) is 6.78. The lowest BCUT2D eigenvalue weighted by molar-refractivity contribution is 0.455. The Bertz CT molecular complexity index is 779. The van der Waals surface area contributed by atoms with Crippen molar-refractivity contribution < 1.29 is 8.42 Å². The Labute approximate surface area is 132 Å². The van der Waals surface area contributed by atoms with Crippen LogP contribution in [0.3, 0.4) is 0 Å². The van der Waals surface area contributed by atoms with Gasteiger partial charge in [0.25, 0.3) is 0 Å². The van der Waals surface area contributed by atoms with Gasteiger partial charge >= 0.3 is 0 Å². The molecule has 22 heavy (non-hydrogen) atoms. The van der Waals surface area contributed by atoms with Gasteiger partial charge < -0.3 is 5.32 Å². The van der Waals surface area contributed by atoms with Crippen LogP contribution >= 0.6 is 0 Å². The van der Waals surface area contributed by atoms with Crippen molar-refractivity contribution in [1.82, 2.24) is 5.32 Å². The zero-order chi connectivity index (χ0) is 15.8. The zero-order valence-corrected chi connectivity index (χ0v) is 14.0. The molecule has 1 saturated carbocycles. The van der Waals surface area contributed by atoms with Crippen molar-refractivity contribution in [2.45, 2.75) is 25.8 Å². The summed E-state index contributed by atoms with van der Waals surface area (Å²) >= 11 is 0. The molecule has 4 heteroatoms. The monoisotopic (exact) mass is 317 g/mol. The van der Waals surface area contributed by atoms with E-state index in [1.807, 2.05) is 6.07 Å². The lowest BCUT2D eigenvalue weighted by atomic mass is 10.0. The zero-order valence-electron chi connectivity index (χ0n) is 13.2. The summed E-state index contributed by atoms with van der Waals surface area (Å²) in [5.74, 6) is 0.303. The number of rotatable bonds is 6. The molecule has 1 atom stereocenters. The Balaban J connectivity index is 1.67. The molecule has 0 amide bonds. The van der Waals surface area contributed by atoms with Crippen molar-refractivity contribution in [2.24, 2.45) is 5.41 Å². The van der Waals surface area contributed by atoms with Crippen molar-refractivity contribution in [3.05, 3.63) is 48.0 Å². The molecule has 3 rings (SSSR count). The summed E-state index contributed by atoms with van der Waals surface area (Å²) < 4.78 is 23.0. The first-order chi connectivity index (χ1) is 10.4. The minimum Gasteiger partial charge on any atom is -0.310 e. The quantitative estimate of drug-likeness (QED) is 0.889. The second kappa shape index (κ2) is 5.67. The number of fused-ring (bicyclic) bond motifs is 1. The van der Waals surface area contributed by atoms with E-state index in [4.69, 9.17) is 0 Å². The van der Waals surface area contributed by atoms with E-state index >= 15 is 0 Å². The number of benzene rings is 2. The first-order valence-corrected chi connectivity index (χ1v) is 9.83. The van der Waals surface area contributed by atoms with E-state index in [2.05, 4.69) is 48.6 Å². The van der Waals surface area contributed by atoms with Crippen LogP contribution in [0.2, 0.25) is 0 Å². The van der Waals surface area contributed by atoms with Gasteiger partial charge in [0.2, 0.25) is 0 Å². The molecule has 118 valence electrons. The molecule has 0 radical (unpaired) electrons. The minimum atomic E-state index is -2.90. The van der Waals surface area contributed by atoms with Crippen LogP contribution in [0.25, 0.3) is 10.8 Å². The first-order valence-electron chi connectivity index (χ1n) is 7.77. The van der Waals surface area contributed by atoms with Crippen LogP contribution in [0.5, 0.6) is 0 Å². The summed E-state index contributed by atoms with van der Waals surface area (Å²) in [6.07, 6.45) is 3.36. The van der Waals surface area contributed by atoms with E-state index in [9.17, 15) is 8.42 Å². The van der Waals surface area contributed by atoms with Crippen molar-refractivity contribution in [2.75, 3.05) is 18.6 Å². The fraction of sp³-hybridized carbons (Fsp3) is 0.444. The van der Waals surface area contributed by atoms with E-state index in [0.717, 1.165) is 19.4 Å². The van der Waals surface area contributed by atoms with Crippen LogP contribution in [-0.2, 0) is 9.84 Å². The van der Waals surface area contributed by atoms with Gasteiger partial charge in [-0.15, -0.1) is 0 Å². The highest BCUT2D eigenvalue weighted by molar-refractivity contribution is 7.90. The Morgan fingerprint density at radius 2 is 1.82 bits per heavy atom. The van der Waals surface area contributed by atoms with Crippen LogP contribution in [0.4, 0.5) is 0 Å². The number of nitrogens with one attached hydrogen (secondary N) is 1. The third-order valence-corrected chi connectivity index (χ3v) is 5.72. The summed E-state index contributed by atoms with van der Waals surface area (Å²) in [5, 5.41) is 6.01. The largest absolute Gasteiger partial charge is 0.310 e. The molecule has 2 aromatic rings. The van der Waals surface area contributed by atoms with Gasteiger partial charge in [-0.25, -0.2) is 8.42 Å². The predicted molar refractivity (Wildman–Crippen MR) is 91.7 cm³/mol. The SMILES string of the molecule is CC(NCC1(CS(C)(=O)=O)CC1)c1ccc2ccccc2c1. The molecule has 1 fully saturated rings. The van der Waals surface area contributed by atoms with Gasteiger partial charge in [-0.2, -0.15) is 0 Å². The third-order valence-electron chi connectivity index (χ3n) is 4.58. The van der Waals surface area contributed by atoms with Crippen LogP contribution in [0.1, 0.15) is 31.4 Å². The molecule has 0 spiro atoms. The Hall–Kier alpha value is -1.39. The molecule has 1 unspecified atom stereocenters. The van der Waals surface area contributed by atoms with Gasteiger partial charge in [-0.05, 0) is 47.6 Å². The molecule has 1 aliphatic rings. The molecule has 1 aliphatic carbocycles. The highest BCUT2D eigenvalue weighted by atomic mass is 32.2. The van der Waals surface area contributed by atoms with E-state index in [0.29, 0.717) is 5.75 Å². The smallest absolute Gasteiger partial charge is 0.148 e. The van der Waals surface area contributed by atoms with E-state index in [1.165, 1.54) is 22.6 Å². The Kier molecular flexibility index (Phi) is 4.00. The van der Waals surface area contributed by atoms with Crippen molar-refractivity contribution in [3.8, 4) is 0 Å². The summed E-state index contributed by atoms with van der Waals surface area (Å²) in [7, 11) is -2.90. The summed E-state index contributed by atoms with van der Waals surface area (Å²) in [5.41, 5.74) is 1.22. The Morgan fingerprint density at radius 1 is 1.14 bits per heavy atom. The normalized spacial score (nSPS) is 18.3. The maximum absolute atomic E-state index is 11.5. The number of hydrogen-bond acceptors (Lipinski definition) is 3. The summed E-state index contributed by atoms with van der Waals surface area (Å²) in [6.45, 7) is 2.91. The maximum Gasteiger partial charge on any atom is 0.148 e. The van der Waals surface area contributed by atoms with Crippen LogP contribution in [-0.4, -0.2) is 27.0 Å². The first kappa shape index (κ1) is 15.5. The average Bonchev–Trinajstić information content (AvgIpc) is 3.22. The van der Waals surface area contributed by atoms with Crippen molar-refractivity contribution in [3.63, 3.8) is 0 Å². The predicted octanol–water partition coefficient (Wildman–Crippen LogP) is 3.32. The highest BCUT2D eigenvalue weighted by Gasteiger charge is 2.44. The van der Waals surface area contributed by atoms with Crippen LogP contribution < -0.4 is 5.32 Å². The van der Waals surface area contributed by atoms with E-state index < -0.39 is 9.84 Å². The minimum absolute atomic E-state index is 0.0291. The topological polar surface area (TPSA) is 46.2 Å². The van der Waals surface area contributed by atoms with Gasteiger partial charge in [0.15, 0.2) is 0 Å². The fourth-order valence-electron chi connectivity index (χ4n) is 3.07. The molecule has 0 saturated heterocycles. The average molecular weight is 317 g/mol. The molecular weight excluding hydrogens is 294 g/mol. The molecular formula is C18H23NO2S. The van der Waals surface area contributed by atoms with Gasteiger partial charge in [0.1, 0.15) is 9.84 Å². The van der Waals surface area contributed by atoms with E-state index in [1.54, 1.807) is 0 Å². The summed E-state index contributed by atoms with van der Waals surface area (Å²) in [6, 6.07) is 15.1. The fourth-order valence-corrected chi connectivity index (χ4v) is 4.57. The van der Waals surface area contributed by atoms with Gasteiger partial charge in [0.05, 0.1) is 5.75 Å². The standard InChI is InChI=1S/C18H23NO2S/c1-14(19-12-18(9-10-18)13-22(2,20)21)16-8-7-15-5-3-4-6-17(15)11-16/h3-8,11,14,19H,9-10,12-13H2,1-2H3. The van der Waals surface area contributed by atoms with Crippen LogP contribution in [0.15, 0.2) is 42.5 Å². The van der Waals surface area contributed by atoms with Crippen LogP contribution in [0, 0.1) is 5.41 Å². The van der Waals surface area contributed by atoms with Crippen molar-refractivity contribution >= 4 is 20.6 Å². The molecule has 1 N–H and O–H groups in total. The molecule has 0 aliphatic heterocycles. The highest BCUT2D eigenvalue weighted by Crippen LogP contribution is 2.46. The number of sulfone groups is 1. The van der Waals surface area contributed by atoms with Gasteiger partial charge in [0, 0.05) is 18.8 Å². The molecule has 0 aromatic heterocycles. The van der Waals surface area contributed by atoms with Gasteiger partial charge in [-0.1, -0.05) is 36.4 Å². The second-order valence-corrected chi connectivity index (χ2v) is 8.92. The Morgan fingerprint density at radius 3 is 2.45 bits per heavy atom. The molecule has 0 bridgehead atoms. The molecule has 3 nitrogen and oxygen atoms in total. The van der Waals surface area contributed by atoms with E-state index in [-0.39, 0.29) is 11.5 Å². The lowest BCUT2D eigenvalue weighted by Gasteiger charge is -2.20. The summed E-state index contributed by atoms with van der Waals surface area (Å²) in [4.78, 5) is 0.